The van der Waals surface area contributed by atoms with E-state index in [1.807, 2.05) is 0 Å². The molecule has 0 nitrogen and oxygen atoms in total. The van der Waals surface area contributed by atoms with Crippen molar-refractivity contribution in [1.82, 2.24) is 0 Å². The summed E-state index contributed by atoms with van der Waals surface area (Å²) in [6.07, 6.45) is 24.8. The first-order valence-corrected chi connectivity index (χ1v) is 30.2. The Morgan fingerprint density at radius 2 is 0.586 bits per heavy atom. The zero-order valence-electron chi connectivity index (χ0n) is 20.8. The van der Waals surface area contributed by atoms with Crippen molar-refractivity contribution in [3.05, 3.63) is 0 Å². The van der Waals surface area contributed by atoms with Crippen molar-refractivity contribution in [3.63, 3.8) is 0 Å². The van der Waals surface area contributed by atoms with Crippen molar-refractivity contribution in [3.8, 4) is 0 Å². The molecule has 0 aliphatic heterocycles. The molecule has 0 saturated heterocycles. The van der Waals surface area contributed by atoms with Crippen LogP contribution in [0.1, 0.15) is 119 Å². The molecule has 0 N–H and O–H groups in total. The van der Waals surface area contributed by atoms with Crippen molar-refractivity contribution < 1.29 is 13.0 Å². The SMILES string of the molecule is CCCC[PH](CCCC)(CCCC)[Pt]([Cl])([Cl])[PH](CCCC)(CCCC)CCCC. The molecule has 5 heteroatoms. The van der Waals surface area contributed by atoms with Gasteiger partial charge in [0.15, 0.2) is 0 Å². The molecule has 0 rings (SSSR count). The van der Waals surface area contributed by atoms with E-state index >= 15 is 0 Å². The van der Waals surface area contributed by atoms with Gasteiger partial charge < -0.3 is 0 Å². The van der Waals surface area contributed by atoms with Crippen LogP contribution in [0.25, 0.3) is 0 Å². The number of rotatable bonds is 20. The molecule has 0 bridgehead atoms. The molecule has 186 valence electrons. The van der Waals surface area contributed by atoms with E-state index in [0.717, 1.165) is 0 Å². The van der Waals surface area contributed by atoms with E-state index < -0.39 is 23.7 Å². The molecule has 0 radical (unpaired) electrons. The van der Waals surface area contributed by atoms with E-state index in [1.54, 1.807) is 0 Å². The first-order valence-electron chi connectivity index (χ1n) is 12.9. The number of hydrogen-bond donors (Lipinski definition) is 0. The quantitative estimate of drug-likeness (QED) is 0.113. The average Bonchev–Trinajstić information content (AvgIpc) is 2.72. The standard InChI is InChI=1S/2C12H27P.2ClH.Pt/c2*1-4-7-10-13(11-8-5-2)12-9-6-3;;;/h2*4-12H2,1-3H3;2*1H;. The summed E-state index contributed by atoms with van der Waals surface area (Å²) in [5.41, 5.74) is 0. The average molecular weight is 673 g/mol. The minimum atomic E-state index is -2.84. The Bertz CT molecular complexity index is 314. The van der Waals surface area contributed by atoms with Crippen LogP contribution >= 0.6 is 29.5 Å². The summed E-state index contributed by atoms with van der Waals surface area (Å²) in [5, 5.41) is -3.20. The molecule has 0 aliphatic carbocycles. The molecule has 0 aromatic carbocycles. The monoisotopic (exact) mass is 671 g/mol. The van der Waals surface area contributed by atoms with Gasteiger partial charge in [-0.15, -0.1) is 0 Å². The van der Waals surface area contributed by atoms with Crippen LogP contribution < -0.4 is 0 Å². The van der Waals surface area contributed by atoms with E-state index in [2.05, 4.69) is 41.5 Å². The zero-order valence-corrected chi connectivity index (χ0v) is 26.6. The Balaban J connectivity index is 6.33. The molecule has 0 amide bonds. The Kier molecular flexibility index (Phi) is 18.9. The third-order valence-electron chi connectivity index (χ3n) is 6.62. The Hall–Kier alpha value is 2.13. The van der Waals surface area contributed by atoms with Crippen LogP contribution in [0.15, 0.2) is 0 Å². The van der Waals surface area contributed by atoms with Crippen LogP contribution in [0, 0.1) is 0 Å². The third-order valence-corrected chi connectivity index (χ3v) is 85.4. The molecule has 0 aliphatic rings. The second-order valence-corrected chi connectivity index (χ2v) is 57.4. The van der Waals surface area contributed by atoms with Gasteiger partial charge in [-0.3, -0.25) is 0 Å². The van der Waals surface area contributed by atoms with Crippen LogP contribution in [0.3, 0.4) is 0 Å². The summed E-state index contributed by atoms with van der Waals surface area (Å²) in [6, 6.07) is 0. The molecule has 0 heterocycles. The second kappa shape index (κ2) is 17.6. The molecule has 0 aromatic rings. The fourth-order valence-electron chi connectivity index (χ4n) is 4.60. The molecule has 0 unspecified atom stereocenters. The van der Waals surface area contributed by atoms with Crippen molar-refractivity contribution in [1.29, 1.82) is 0 Å². The van der Waals surface area contributed by atoms with Gasteiger partial charge in [-0.25, -0.2) is 0 Å². The number of halogens is 2. The van der Waals surface area contributed by atoms with Crippen molar-refractivity contribution >= 4 is 29.5 Å². The van der Waals surface area contributed by atoms with Crippen molar-refractivity contribution in [2.24, 2.45) is 0 Å². The van der Waals surface area contributed by atoms with Crippen molar-refractivity contribution in [2.75, 3.05) is 37.0 Å². The molecule has 0 fully saturated rings. The minimum absolute atomic E-state index is 1.31. The maximum atomic E-state index is 8.07. The summed E-state index contributed by atoms with van der Waals surface area (Å²) >= 11 is -2.84. The third kappa shape index (κ3) is 9.49. The van der Waals surface area contributed by atoms with E-state index in [-0.39, 0.29) is 0 Å². The molecular weight excluding hydrogens is 616 g/mol. The van der Waals surface area contributed by atoms with Gasteiger partial charge in [0.2, 0.25) is 0 Å². The maximum absolute atomic E-state index is 8.07. The molecule has 0 atom stereocenters. The van der Waals surface area contributed by atoms with Gasteiger partial charge in [-0.2, -0.15) is 0 Å². The summed E-state index contributed by atoms with van der Waals surface area (Å²) in [5.74, 6) is 0. The van der Waals surface area contributed by atoms with Gasteiger partial charge in [0, 0.05) is 0 Å². The molecular formula is C24H56Cl2P2Pt. The zero-order chi connectivity index (χ0) is 22.2. The van der Waals surface area contributed by atoms with Crippen LogP contribution in [0.2, 0.25) is 0 Å². The molecule has 0 saturated carbocycles. The Labute approximate surface area is 197 Å². The van der Waals surface area contributed by atoms with Gasteiger partial charge in [0.25, 0.3) is 0 Å². The fourth-order valence-corrected chi connectivity index (χ4v) is 88.3. The number of hydrogen-bond acceptors (Lipinski definition) is 0. The van der Waals surface area contributed by atoms with Gasteiger partial charge in [0.05, 0.1) is 0 Å². The van der Waals surface area contributed by atoms with E-state index in [4.69, 9.17) is 18.8 Å². The van der Waals surface area contributed by atoms with Crippen LogP contribution in [0.4, 0.5) is 0 Å². The van der Waals surface area contributed by atoms with Crippen LogP contribution in [0.5, 0.6) is 0 Å². The second-order valence-electron chi connectivity index (χ2n) is 9.16. The number of unbranched alkanes of at least 4 members (excludes halogenated alkanes) is 6. The molecule has 0 spiro atoms. The van der Waals surface area contributed by atoms with E-state index in [1.165, 1.54) is 114 Å². The molecule has 0 aromatic heterocycles. The molecule has 29 heavy (non-hydrogen) atoms. The van der Waals surface area contributed by atoms with E-state index in [9.17, 15) is 0 Å². The summed E-state index contributed by atoms with van der Waals surface area (Å²) in [6.45, 7) is 14.2. The fraction of sp³-hybridized carbons (Fsp3) is 1.00. The predicted octanol–water partition coefficient (Wildman–Crippen LogP) is 10.6. The van der Waals surface area contributed by atoms with Crippen molar-refractivity contribution in [2.45, 2.75) is 119 Å². The summed E-state index contributed by atoms with van der Waals surface area (Å²) in [7, 11) is 16.1. The van der Waals surface area contributed by atoms with Gasteiger partial charge in [-0.05, 0) is 0 Å². The normalized spacial score (nSPS) is 14.9. The van der Waals surface area contributed by atoms with Gasteiger partial charge in [0.1, 0.15) is 0 Å². The summed E-state index contributed by atoms with van der Waals surface area (Å²) in [4.78, 5) is 0. The summed E-state index contributed by atoms with van der Waals surface area (Å²) < 4.78 is 0. The topological polar surface area (TPSA) is 0 Å². The van der Waals surface area contributed by atoms with Crippen LogP contribution in [-0.4, -0.2) is 37.0 Å². The van der Waals surface area contributed by atoms with E-state index in [0.29, 0.717) is 0 Å². The first-order chi connectivity index (χ1) is 13.9. The van der Waals surface area contributed by atoms with Crippen LogP contribution in [-0.2, 0) is 13.0 Å². The Morgan fingerprint density at radius 3 is 0.724 bits per heavy atom. The van der Waals surface area contributed by atoms with Gasteiger partial charge >= 0.3 is 198 Å². The Morgan fingerprint density at radius 1 is 0.414 bits per heavy atom. The first kappa shape index (κ1) is 31.1. The predicted molar refractivity (Wildman–Crippen MR) is 147 cm³/mol. The van der Waals surface area contributed by atoms with Gasteiger partial charge in [-0.1, -0.05) is 0 Å².